The van der Waals surface area contributed by atoms with E-state index in [0.29, 0.717) is 0 Å². The smallest absolute Gasteiger partial charge is 0.191 e. The Kier molecular flexibility index (Phi) is 11.2. The van der Waals surface area contributed by atoms with Gasteiger partial charge in [0.25, 0.3) is 0 Å². The summed E-state index contributed by atoms with van der Waals surface area (Å²) in [5.41, 5.74) is 14.4. The van der Waals surface area contributed by atoms with E-state index in [1.165, 1.54) is 79.9 Å². The standard InChI is InChI=1S/C48H40Br2N/c1-2-3-13-30-51-45(40-22-14-24-43(49)31-40)33-42(34-46(51)41-23-15-25-44(50)32-41)35-26-28-39(29-27-35)48(38-20-11-6-12-21-38)47(36-16-7-4-8-17-36)37-18-9-5-10-19-37/h4-12,14-29,31-34H,2-3,13,30H2,1H3/q+1. The molecule has 1 heterocycles. The van der Waals surface area contributed by atoms with E-state index < -0.39 is 0 Å². The molecule has 1 aromatic heterocycles. The molecule has 0 N–H and O–H groups in total. The second-order valence-corrected chi connectivity index (χ2v) is 14.7. The highest BCUT2D eigenvalue weighted by atomic mass is 79.9. The molecular weight excluding hydrogens is 750 g/mol. The fraction of sp³-hybridized carbons (Fsp3) is 0.104. The van der Waals surface area contributed by atoms with Gasteiger partial charge in [-0.3, -0.25) is 0 Å². The van der Waals surface area contributed by atoms with Crippen molar-refractivity contribution in [2.75, 3.05) is 0 Å². The molecule has 0 fully saturated rings. The topological polar surface area (TPSA) is 3.88 Å². The van der Waals surface area contributed by atoms with E-state index in [9.17, 15) is 0 Å². The number of hydrogen-bond acceptors (Lipinski definition) is 0. The fourth-order valence-corrected chi connectivity index (χ4v) is 7.68. The number of nitrogens with zero attached hydrogens (tertiary/aromatic N) is 1. The Bertz CT molecular complexity index is 2150. The molecule has 0 radical (unpaired) electrons. The molecule has 0 atom stereocenters. The van der Waals surface area contributed by atoms with Gasteiger partial charge in [-0.25, -0.2) is 0 Å². The van der Waals surface area contributed by atoms with E-state index in [0.717, 1.165) is 21.9 Å². The summed E-state index contributed by atoms with van der Waals surface area (Å²) in [5, 5.41) is 0. The minimum atomic E-state index is 0.948. The van der Waals surface area contributed by atoms with Crippen LogP contribution in [-0.2, 0) is 6.54 Å². The van der Waals surface area contributed by atoms with E-state index >= 15 is 0 Å². The third kappa shape index (κ3) is 8.06. The van der Waals surface area contributed by atoms with Crippen LogP contribution in [0.1, 0.15) is 48.4 Å². The van der Waals surface area contributed by atoms with Crippen molar-refractivity contribution in [3.63, 3.8) is 0 Å². The number of halogens is 2. The van der Waals surface area contributed by atoms with Gasteiger partial charge < -0.3 is 0 Å². The van der Waals surface area contributed by atoms with Crippen LogP contribution in [-0.4, -0.2) is 0 Å². The normalized spacial score (nSPS) is 11.0. The molecule has 0 bridgehead atoms. The summed E-state index contributed by atoms with van der Waals surface area (Å²) in [5.74, 6) is 0. The van der Waals surface area contributed by atoms with Crippen molar-refractivity contribution in [3.05, 3.63) is 207 Å². The second kappa shape index (κ2) is 16.5. The Morgan fingerprint density at radius 3 is 1.25 bits per heavy atom. The van der Waals surface area contributed by atoms with Crippen molar-refractivity contribution in [2.24, 2.45) is 0 Å². The molecule has 6 aromatic carbocycles. The van der Waals surface area contributed by atoms with Gasteiger partial charge in [-0.05, 0) is 87.3 Å². The molecule has 0 saturated heterocycles. The SMILES string of the molecule is CCCCC[n+]1c(-c2cccc(Br)c2)cc(-c2ccc(C(=C(c3ccccc3)c3ccccc3)c3ccccc3)cc2)cc1-c1cccc(Br)c1. The number of pyridine rings is 1. The zero-order valence-electron chi connectivity index (χ0n) is 28.8. The van der Waals surface area contributed by atoms with E-state index in [1.807, 2.05) is 0 Å². The molecule has 250 valence electrons. The molecule has 0 aliphatic rings. The van der Waals surface area contributed by atoms with Crippen LogP contribution in [0.25, 0.3) is 44.8 Å². The number of unbranched alkanes of at least 4 members (excludes halogenated alkanes) is 2. The Morgan fingerprint density at radius 2 is 0.843 bits per heavy atom. The first-order valence-electron chi connectivity index (χ1n) is 17.7. The first-order chi connectivity index (χ1) is 25.1. The van der Waals surface area contributed by atoms with Gasteiger partial charge in [0.1, 0.15) is 6.54 Å². The zero-order valence-corrected chi connectivity index (χ0v) is 31.9. The maximum absolute atomic E-state index is 3.75. The summed E-state index contributed by atoms with van der Waals surface area (Å²) in [6.45, 7) is 3.21. The second-order valence-electron chi connectivity index (χ2n) is 12.8. The molecular formula is C48H40Br2N+. The molecule has 0 aliphatic heterocycles. The van der Waals surface area contributed by atoms with Crippen molar-refractivity contribution >= 4 is 43.0 Å². The third-order valence-electron chi connectivity index (χ3n) is 9.34. The summed E-state index contributed by atoms with van der Waals surface area (Å²) in [6.07, 6.45) is 3.49. The molecule has 51 heavy (non-hydrogen) atoms. The predicted molar refractivity (Wildman–Crippen MR) is 222 cm³/mol. The Balaban J connectivity index is 1.43. The summed E-state index contributed by atoms with van der Waals surface area (Å²) >= 11 is 7.50. The van der Waals surface area contributed by atoms with Gasteiger partial charge in [-0.2, -0.15) is 4.57 Å². The third-order valence-corrected chi connectivity index (χ3v) is 10.3. The molecule has 0 unspecified atom stereocenters. The lowest BCUT2D eigenvalue weighted by atomic mass is 9.85. The lowest BCUT2D eigenvalue weighted by Crippen LogP contribution is -2.39. The molecule has 3 heteroatoms. The summed E-state index contributed by atoms with van der Waals surface area (Å²) in [7, 11) is 0. The Labute approximate surface area is 319 Å². The van der Waals surface area contributed by atoms with Crippen LogP contribution >= 0.6 is 31.9 Å². The first-order valence-corrected chi connectivity index (χ1v) is 19.3. The van der Waals surface area contributed by atoms with Crippen LogP contribution in [0, 0.1) is 0 Å². The van der Waals surface area contributed by atoms with E-state index in [2.05, 4.69) is 219 Å². The van der Waals surface area contributed by atoms with E-state index in [-0.39, 0.29) is 0 Å². The fourth-order valence-electron chi connectivity index (χ4n) is 6.88. The lowest BCUT2D eigenvalue weighted by molar-refractivity contribution is -0.675. The van der Waals surface area contributed by atoms with Crippen LogP contribution in [0.4, 0.5) is 0 Å². The van der Waals surface area contributed by atoms with Crippen molar-refractivity contribution in [1.29, 1.82) is 0 Å². The van der Waals surface area contributed by atoms with E-state index in [1.54, 1.807) is 0 Å². The van der Waals surface area contributed by atoms with Gasteiger partial charge in [0, 0.05) is 38.6 Å². The van der Waals surface area contributed by atoms with Crippen LogP contribution in [0.2, 0.25) is 0 Å². The Morgan fingerprint density at radius 1 is 0.412 bits per heavy atom. The van der Waals surface area contributed by atoms with Crippen molar-refractivity contribution in [2.45, 2.75) is 32.7 Å². The van der Waals surface area contributed by atoms with Crippen LogP contribution in [0.3, 0.4) is 0 Å². The molecule has 0 aliphatic carbocycles. The van der Waals surface area contributed by atoms with Crippen molar-refractivity contribution in [3.8, 4) is 33.6 Å². The number of hydrogen-bond donors (Lipinski definition) is 0. The van der Waals surface area contributed by atoms with Gasteiger partial charge in [0.2, 0.25) is 11.4 Å². The maximum Gasteiger partial charge on any atom is 0.213 e. The minimum Gasteiger partial charge on any atom is -0.191 e. The highest BCUT2D eigenvalue weighted by molar-refractivity contribution is 9.10. The highest BCUT2D eigenvalue weighted by Crippen LogP contribution is 2.38. The summed E-state index contributed by atoms with van der Waals surface area (Å²) < 4.78 is 4.66. The lowest BCUT2D eigenvalue weighted by Gasteiger charge is -2.18. The Hall–Kier alpha value is -4.83. The van der Waals surface area contributed by atoms with Gasteiger partial charge in [-0.1, -0.05) is 173 Å². The quantitative estimate of drug-likeness (QED) is 0.0698. The van der Waals surface area contributed by atoms with Gasteiger partial charge >= 0.3 is 0 Å². The van der Waals surface area contributed by atoms with Crippen LogP contribution < -0.4 is 4.57 Å². The number of benzene rings is 6. The monoisotopic (exact) mass is 788 g/mol. The molecule has 0 spiro atoms. The largest absolute Gasteiger partial charge is 0.213 e. The van der Waals surface area contributed by atoms with Gasteiger partial charge in [0.05, 0.1) is 0 Å². The maximum atomic E-state index is 3.75. The molecule has 7 rings (SSSR count). The average Bonchev–Trinajstić information content (AvgIpc) is 3.18. The first kappa shape index (κ1) is 34.6. The van der Waals surface area contributed by atoms with Gasteiger partial charge in [-0.15, -0.1) is 0 Å². The number of aromatic nitrogens is 1. The molecule has 1 nitrogen and oxygen atoms in total. The summed E-state index contributed by atoms with van der Waals surface area (Å²) in [6, 6.07) is 63.6. The van der Waals surface area contributed by atoms with Gasteiger partial charge in [0.15, 0.2) is 0 Å². The highest BCUT2D eigenvalue weighted by Gasteiger charge is 2.23. The molecule has 0 saturated carbocycles. The van der Waals surface area contributed by atoms with Crippen LogP contribution in [0.5, 0.6) is 0 Å². The average molecular weight is 791 g/mol. The zero-order chi connectivity index (χ0) is 35.0. The number of rotatable bonds is 11. The van der Waals surface area contributed by atoms with E-state index in [4.69, 9.17) is 0 Å². The molecule has 7 aromatic rings. The van der Waals surface area contributed by atoms with Crippen molar-refractivity contribution in [1.82, 2.24) is 0 Å². The molecule has 0 amide bonds. The predicted octanol–water partition coefficient (Wildman–Crippen LogP) is 13.7. The minimum absolute atomic E-state index is 0.948. The van der Waals surface area contributed by atoms with Crippen LogP contribution in [0.15, 0.2) is 185 Å². The van der Waals surface area contributed by atoms with Crippen molar-refractivity contribution < 1.29 is 4.57 Å². The summed E-state index contributed by atoms with van der Waals surface area (Å²) in [4.78, 5) is 0.